The van der Waals surface area contributed by atoms with Gasteiger partial charge in [0.05, 0.1) is 12.2 Å². The minimum Gasteiger partial charge on any atom is -0.466 e. The average molecular weight is 364 g/mol. The van der Waals surface area contributed by atoms with Crippen LogP contribution in [-0.2, 0) is 20.5 Å². The highest BCUT2D eigenvalue weighted by Crippen LogP contribution is 2.32. The molecule has 1 aromatic rings. The van der Waals surface area contributed by atoms with Crippen LogP contribution in [0.15, 0.2) is 24.3 Å². The van der Waals surface area contributed by atoms with E-state index in [0.29, 0.717) is 13.0 Å². The number of alkyl halides is 3. The lowest BCUT2D eigenvalue weighted by atomic mass is 10.1. The normalized spacial score (nSPS) is 11.5. The zero-order valence-electron chi connectivity index (χ0n) is 13.0. The largest absolute Gasteiger partial charge is 0.466 e. The Morgan fingerprint density at radius 3 is 2.67 bits per heavy atom. The number of rotatable bonds is 7. The molecule has 132 valence electrons. The molecule has 4 nitrogen and oxygen atoms in total. The highest BCUT2D eigenvalue weighted by atomic mass is 35.5. The van der Waals surface area contributed by atoms with E-state index in [0.717, 1.165) is 24.3 Å². The molecular weight excluding hydrogens is 347 g/mol. The maximum absolute atomic E-state index is 12.6. The summed E-state index contributed by atoms with van der Waals surface area (Å²) in [6, 6.07) is 2.86. The molecule has 24 heavy (non-hydrogen) atoms. The molecule has 0 aromatic heterocycles. The predicted molar refractivity (Wildman–Crippen MR) is 84.4 cm³/mol. The van der Waals surface area contributed by atoms with Crippen molar-refractivity contribution in [1.29, 1.82) is 0 Å². The van der Waals surface area contributed by atoms with Crippen molar-refractivity contribution < 1.29 is 27.5 Å². The molecular formula is C16H17ClF3NO3. The van der Waals surface area contributed by atoms with Crippen LogP contribution in [0.1, 0.15) is 30.9 Å². The summed E-state index contributed by atoms with van der Waals surface area (Å²) in [5.74, 6) is -0.842. The molecule has 0 fully saturated rings. The SMILES string of the molecule is CCOC(=O)CCCNC(=O)/C=C/c1cc(C(F)(F)F)ccc1Cl. The second-order valence-electron chi connectivity index (χ2n) is 4.77. The van der Waals surface area contributed by atoms with Crippen LogP contribution >= 0.6 is 11.6 Å². The molecule has 0 bridgehead atoms. The number of benzene rings is 1. The minimum atomic E-state index is -4.48. The summed E-state index contributed by atoms with van der Waals surface area (Å²) in [7, 11) is 0. The van der Waals surface area contributed by atoms with Gasteiger partial charge in [-0.3, -0.25) is 9.59 Å². The Labute approximate surface area is 142 Å². The van der Waals surface area contributed by atoms with Gasteiger partial charge in [-0.25, -0.2) is 0 Å². The lowest BCUT2D eigenvalue weighted by molar-refractivity contribution is -0.143. The molecule has 0 saturated carbocycles. The van der Waals surface area contributed by atoms with E-state index in [2.05, 4.69) is 5.32 Å². The second kappa shape index (κ2) is 9.32. The Hall–Kier alpha value is -2.02. The molecule has 0 aliphatic carbocycles. The van der Waals surface area contributed by atoms with Gasteiger partial charge in [-0.2, -0.15) is 13.2 Å². The zero-order chi connectivity index (χ0) is 18.2. The van der Waals surface area contributed by atoms with E-state index >= 15 is 0 Å². The van der Waals surface area contributed by atoms with Gasteiger partial charge in [0, 0.05) is 24.1 Å². The molecule has 0 aliphatic rings. The van der Waals surface area contributed by atoms with Crippen LogP contribution in [-0.4, -0.2) is 25.0 Å². The van der Waals surface area contributed by atoms with Gasteiger partial charge in [0.1, 0.15) is 0 Å². The van der Waals surface area contributed by atoms with Gasteiger partial charge < -0.3 is 10.1 Å². The van der Waals surface area contributed by atoms with Crippen molar-refractivity contribution in [1.82, 2.24) is 5.32 Å². The first-order chi connectivity index (χ1) is 11.2. The summed E-state index contributed by atoms with van der Waals surface area (Å²) in [4.78, 5) is 22.7. The van der Waals surface area contributed by atoms with Crippen molar-refractivity contribution in [3.8, 4) is 0 Å². The topological polar surface area (TPSA) is 55.4 Å². The molecule has 0 radical (unpaired) electrons. The summed E-state index contributed by atoms with van der Waals surface area (Å²) in [6.45, 7) is 2.24. The number of hydrogen-bond donors (Lipinski definition) is 1. The van der Waals surface area contributed by atoms with Crippen molar-refractivity contribution >= 4 is 29.6 Å². The molecule has 0 aliphatic heterocycles. The molecule has 0 atom stereocenters. The summed E-state index contributed by atoms with van der Waals surface area (Å²) in [5, 5.41) is 2.62. The van der Waals surface area contributed by atoms with E-state index in [1.165, 1.54) is 6.08 Å². The van der Waals surface area contributed by atoms with E-state index in [4.69, 9.17) is 16.3 Å². The van der Waals surface area contributed by atoms with Crippen LogP contribution in [0, 0.1) is 0 Å². The number of halogens is 4. The summed E-state index contributed by atoms with van der Waals surface area (Å²) < 4.78 is 42.7. The summed E-state index contributed by atoms with van der Waals surface area (Å²) >= 11 is 5.82. The third-order valence-corrected chi connectivity index (χ3v) is 3.24. The summed E-state index contributed by atoms with van der Waals surface area (Å²) in [6.07, 6.45) is -1.60. The fourth-order valence-corrected chi connectivity index (χ4v) is 1.93. The van der Waals surface area contributed by atoms with Crippen LogP contribution in [0.2, 0.25) is 5.02 Å². The molecule has 1 amide bonds. The van der Waals surface area contributed by atoms with Crippen LogP contribution < -0.4 is 5.32 Å². The Morgan fingerprint density at radius 2 is 2.04 bits per heavy atom. The lowest BCUT2D eigenvalue weighted by Crippen LogP contribution is -2.22. The van der Waals surface area contributed by atoms with Crippen molar-refractivity contribution in [2.24, 2.45) is 0 Å². The van der Waals surface area contributed by atoms with Gasteiger partial charge in [0.25, 0.3) is 0 Å². The fourth-order valence-electron chi connectivity index (χ4n) is 1.75. The average Bonchev–Trinajstić information content (AvgIpc) is 2.50. The highest BCUT2D eigenvalue weighted by Gasteiger charge is 2.30. The molecule has 0 unspecified atom stereocenters. The minimum absolute atomic E-state index is 0.0909. The number of nitrogens with one attached hydrogen (secondary N) is 1. The van der Waals surface area contributed by atoms with Crippen molar-refractivity contribution in [3.05, 3.63) is 40.4 Å². The lowest BCUT2D eigenvalue weighted by Gasteiger charge is -2.08. The van der Waals surface area contributed by atoms with E-state index in [1.807, 2.05) is 0 Å². The number of carbonyl (C=O) groups is 2. The van der Waals surface area contributed by atoms with Crippen LogP contribution in [0.3, 0.4) is 0 Å². The Morgan fingerprint density at radius 1 is 1.33 bits per heavy atom. The van der Waals surface area contributed by atoms with Crippen LogP contribution in [0.4, 0.5) is 13.2 Å². The molecule has 0 spiro atoms. The van der Waals surface area contributed by atoms with E-state index in [1.54, 1.807) is 6.92 Å². The quantitative estimate of drug-likeness (QED) is 0.455. The molecule has 1 rings (SSSR count). The highest BCUT2D eigenvalue weighted by molar-refractivity contribution is 6.32. The van der Waals surface area contributed by atoms with Crippen LogP contribution in [0.5, 0.6) is 0 Å². The van der Waals surface area contributed by atoms with E-state index < -0.39 is 17.6 Å². The molecule has 0 saturated heterocycles. The van der Waals surface area contributed by atoms with Crippen LogP contribution in [0.25, 0.3) is 6.08 Å². The van der Waals surface area contributed by atoms with Gasteiger partial charge in [-0.05, 0) is 43.2 Å². The Balaban J connectivity index is 2.54. The molecule has 1 aromatic carbocycles. The second-order valence-corrected chi connectivity index (χ2v) is 5.17. The number of esters is 1. The molecule has 1 N–H and O–H groups in total. The van der Waals surface area contributed by atoms with E-state index in [-0.39, 0.29) is 29.5 Å². The van der Waals surface area contributed by atoms with Gasteiger partial charge in [0.15, 0.2) is 0 Å². The van der Waals surface area contributed by atoms with Gasteiger partial charge in [-0.1, -0.05) is 11.6 Å². The third kappa shape index (κ3) is 7.04. The van der Waals surface area contributed by atoms with Crippen molar-refractivity contribution in [2.75, 3.05) is 13.2 Å². The third-order valence-electron chi connectivity index (χ3n) is 2.90. The molecule has 8 heteroatoms. The first-order valence-corrected chi connectivity index (χ1v) is 7.60. The Kier molecular flexibility index (Phi) is 7.78. The monoisotopic (exact) mass is 363 g/mol. The first-order valence-electron chi connectivity index (χ1n) is 7.22. The van der Waals surface area contributed by atoms with Crippen molar-refractivity contribution in [2.45, 2.75) is 25.9 Å². The fraction of sp³-hybridized carbons (Fsp3) is 0.375. The van der Waals surface area contributed by atoms with E-state index in [9.17, 15) is 22.8 Å². The van der Waals surface area contributed by atoms with Crippen molar-refractivity contribution in [3.63, 3.8) is 0 Å². The molecule has 0 heterocycles. The maximum Gasteiger partial charge on any atom is 0.416 e. The number of hydrogen-bond acceptors (Lipinski definition) is 3. The standard InChI is InChI=1S/C16H17ClF3NO3/c1-2-24-15(23)4-3-9-21-14(22)8-5-11-10-12(16(18,19)20)6-7-13(11)17/h5-8,10H,2-4,9H2,1H3,(H,21,22)/b8-5+. The smallest absolute Gasteiger partial charge is 0.416 e. The van der Waals surface area contributed by atoms with Gasteiger partial charge in [-0.15, -0.1) is 0 Å². The first kappa shape index (κ1) is 20.0. The summed E-state index contributed by atoms with van der Waals surface area (Å²) in [5.41, 5.74) is -0.755. The maximum atomic E-state index is 12.6. The Bertz CT molecular complexity index is 615. The number of amides is 1. The zero-order valence-corrected chi connectivity index (χ0v) is 13.7. The van der Waals surface area contributed by atoms with Gasteiger partial charge in [0.2, 0.25) is 5.91 Å². The number of carbonyl (C=O) groups excluding carboxylic acids is 2. The van der Waals surface area contributed by atoms with Gasteiger partial charge >= 0.3 is 12.1 Å². The number of ether oxygens (including phenoxy) is 1. The predicted octanol–water partition coefficient (Wildman–Crippen LogP) is 3.83.